The third-order valence-corrected chi connectivity index (χ3v) is 6.29. The molecule has 6 rings (SSSR count). The predicted molar refractivity (Wildman–Crippen MR) is 127 cm³/mol. The summed E-state index contributed by atoms with van der Waals surface area (Å²) >= 11 is 0. The number of hydrogen-bond acceptors (Lipinski definition) is 1. The van der Waals surface area contributed by atoms with Crippen molar-refractivity contribution in [1.29, 1.82) is 0 Å². The van der Waals surface area contributed by atoms with Gasteiger partial charge in [0.2, 0.25) is 0 Å². The standard InChI is InChI=1S/C28H21N/c1-18-12-14-20(15-13-18)29(2)26-17-16-24-22-9-4-7-19-6-3-8-21(27(19)22)23-10-5-11-25(26)28(23)24/h3-17H,1-2H3. The summed E-state index contributed by atoms with van der Waals surface area (Å²) in [6.45, 7) is 2.13. The summed E-state index contributed by atoms with van der Waals surface area (Å²) in [5.74, 6) is 0. The van der Waals surface area contributed by atoms with Crippen LogP contribution in [0.4, 0.5) is 11.4 Å². The number of aryl methyl sites for hydroxylation is 1. The van der Waals surface area contributed by atoms with Gasteiger partial charge in [-0.15, -0.1) is 0 Å². The first-order valence-corrected chi connectivity index (χ1v) is 10.1. The molecular weight excluding hydrogens is 350 g/mol. The maximum absolute atomic E-state index is 2.30. The monoisotopic (exact) mass is 371 g/mol. The lowest BCUT2D eigenvalue weighted by Crippen LogP contribution is -2.10. The van der Waals surface area contributed by atoms with Gasteiger partial charge in [0, 0.05) is 23.8 Å². The lowest BCUT2D eigenvalue weighted by atomic mass is 9.89. The first-order chi connectivity index (χ1) is 14.2. The van der Waals surface area contributed by atoms with Crippen LogP contribution in [0.25, 0.3) is 43.1 Å². The Kier molecular flexibility index (Phi) is 3.36. The maximum atomic E-state index is 2.30. The van der Waals surface area contributed by atoms with Crippen LogP contribution >= 0.6 is 0 Å². The van der Waals surface area contributed by atoms with Gasteiger partial charge in [-0.05, 0) is 62.8 Å². The van der Waals surface area contributed by atoms with Crippen LogP contribution in [0.1, 0.15) is 5.56 Å². The van der Waals surface area contributed by atoms with Crippen LogP contribution in [-0.2, 0) is 0 Å². The van der Waals surface area contributed by atoms with Crippen LogP contribution in [0.2, 0.25) is 0 Å². The first kappa shape index (κ1) is 16.4. The average molecular weight is 371 g/mol. The van der Waals surface area contributed by atoms with Gasteiger partial charge >= 0.3 is 0 Å². The van der Waals surface area contributed by atoms with E-state index < -0.39 is 0 Å². The molecule has 0 saturated carbocycles. The Morgan fingerprint density at radius 3 is 1.76 bits per heavy atom. The normalized spacial score (nSPS) is 11.8. The van der Waals surface area contributed by atoms with Crippen molar-refractivity contribution in [3.8, 4) is 0 Å². The summed E-state index contributed by atoms with van der Waals surface area (Å²) in [7, 11) is 2.16. The summed E-state index contributed by atoms with van der Waals surface area (Å²) in [6.07, 6.45) is 0. The van der Waals surface area contributed by atoms with E-state index >= 15 is 0 Å². The molecule has 0 bridgehead atoms. The Labute approximate surface area is 170 Å². The minimum Gasteiger partial charge on any atom is -0.344 e. The molecule has 29 heavy (non-hydrogen) atoms. The van der Waals surface area contributed by atoms with Crippen molar-refractivity contribution in [2.45, 2.75) is 6.92 Å². The molecule has 0 aromatic heterocycles. The Balaban J connectivity index is 1.74. The van der Waals surface area contributed by atoms with E-state index in [-0.39, 0.29) is 0 Å². The van der Waals surface area contributed by atoms with Crippen molar-refractivity contribution >= 4 is 54.5 Å². The van der Waals surface area contributed by atoms with Crippen LogP contribution in [0, 0.1) is 6.92 Å². The number of benzene rings is 6. The molecule has 138 valence electrons. The molecule has 0 spiro atoms. The summed E-state index contributed by atoms with van der Waals surface area (Å²) in [6, 6.07) is 33.3. The lowest BCUT2D eigenvalue weighted by Gasteiger charge is -2.23. The fourth-order valence-electron chi connectivity index (χ4n) is 4.83. The Bertz CT molecular complexity index is 1460. The lowest BCUT2D eigenvalue weighted by molar-refractivity contribution is 1.22. The van der Waals surface area contributed by atoms with Gasteiger partial charge in [-0.3, -0.25) is 0 Å². The largest absolute Gasteiger partial charge is 0.344 e. The molecular formula is C28H21N. The average Bonchev–Trinajstić information content (AvgIpc) is 2.77. The minimum absolute atomic E-state index is 1.20. The predicted octanol–water partition coefficient (Wildman–Crippen LogP) is 7.81. The zero-order valence-electron chi connectivity index (χ0n) is 16.6. The first-order valence-electron chi connectivity index (χ1n) is 10.1. The highest BCUT2D eigenvalue weighted by atomic mass is 15.1. The quantitative estimate of drug-likeness (QED) is 0.221. The molecule has 0 radical (unpaired) electrons. The number of anilines is 2. The van der Waals surface area contributed by atoms with Crippen molar-refractivity contribution in [1.82, 2.24) is 0 Å². The van der Waals surface area contributed by atoms with Crippen molar-refractivity contribution < 1.29 is 0 Å². The molecule has 0 heterocycles. The Morgan fingerprint density at radius 2 is 1.07 bits per heavy atom. The van der Waals surface area contributed by atoms with E-state index in [1.54, 1.807) is 0 Å². The molecule has 0 fully saturated rings. The van der Waals surface area contributed by atoms with Crippen molar-refractivity contribution in [3.63, 3.8) is 0 Å². The van der Waals surface area contributed by atoms with Gasteiger partial charge in [-0.1, -0.05) is 78.4 Å². The second kappa shape index (κ2) is 5.96. The van der Waals surface area contributed by atoms with E-state index in [1.165, 1.54) is 60.0 Å². The van der Waals surface area contributed by atoms with Crippen LogP contribution in [0.5, 0.6) is 0 Å². The third-order valence-electron chi connectivity index (χ3n) is 6.29. The van der Waals surface area contributed by atoms with E-state index in [2.05, 4.69) is 110 Å². The number of rotatable bonds is 2. The van der Waals surface area contributed by atoms with Gasteiger partial charge in [0.15, 0.2) is 0 Å². The number of fused-ring (bicyclic) bond motifs is 2. The fourth-order valence-corrected chi connectivity index (χ4v) is 4.83. The topological polar surface area (TPSA) is 3.24 Å². The zero-order valence-corrected chi connectivity index (χ0v) is 16.6. The van der Waals surface area contributed by atoms with E-state index in [4.69, 9.17) is 0 Å². The molecule has 6 aromatic rings. The van der Waals surface area contributed by atoms with Gasteiger partial charge in [0.1, 0.15) is 0 Å². The van der Waals surface area contributed by atoms with Gasteiger partial charge in [-0.25, -0.2) is 0 Å². The molecule has 1 nitrogen and oxygen atoms in total. The second-order valence-corrected chi connectivity index (χ2v) is 7.96. The molecule has 0 N–H and O–H groups in total. The highest BCUT2D eigenvalue weighted by Crippen LogP contribution is 2.43. The van der Waals surface area contributed by atoms with Gasteiger partial charge in [0.05, 0.1) is 0 Å². The van der Waals surface area contributed by atoms with E-state index in [0.29, 0.717) is 0 Å². The fraction of sp³-hybridized carbons (Fsp3) is 0.0714. The van der Waals surface area contributed by atoms with E-state index in [1.807, 2.05) is 0 Å². The zero-order chi connectivity index (χ0) is 19.5. The van der Waals surface area contributed by atoms with Crippen LogP contribution in [0.3, 0.4) is 0 Å². The molecule has 0 aliphatic heterocycles. The molecule has 0 aliphatic carbocycles. The van der Waals surface area contributed by atoms with Crippen molar-refractivity contribution in [2.24, 2.45) is 0 Å². The molecule has 1 heteroatoms. The molecule has 0 aliphatic rings. The molecule has 0 atom stereocenters. The van der Waals surface area contributed by atoms with Crippen molar-refractivity contribution in [2.75, 3.05) is 11.9 Å². The third kappa shape index (κ3) is 2.28. The van der Waals surface area contributed by atoms with Crippen LogP contribution < -0.4 is 4.90 Å². The summed E-state index contributed by atoms with van der Waals surface area (Å²) < 4.78 is 0. The Hall–Kier alpha value is -3.58. The van der Waals surface area contributed by atoms with Gasteiger partial charge < -0.3 is 4.90 Å². The molecule has 0 saturated heterocycles. The maximum Gasteiger partial charge on any atom is 0.0488 e. The summed E-state index contributed by atoms with van der Waals surface area (Å²) in [5.41, 5.74) is 3.72. The SMILES string of the molecule is Cc1ccc(N(C)c2ccc3c4cccc5cccc(c6cccc2c63)c54)cc1. The molecule has 0 unspecified atom stereocenters. The Morgan fingerprint density at radius 1 is 0.517 bits per heavy atom. The van der Waals surface area contributed by atoms with Crippen molar-refractivity contribution in [3.05, 3.63) is 96.6 Å². The molecule has 6 aromatic carbocycles. The minimum atomic E-state index is 1.20. The highest BCUT2D eigenvalue weighted by Gasteiger charge is 2.16. The van der Waals surface area contributed by atoms with Gasteiger partial charge in [0.25, 0.3) is 0 Å². The second-order valence-electron chi connectivity index (χ2n) is 7.96. The number of nitrogens with zero attached hydrogens (tertiary/aromatic N) is 1. The molecule has 0 amide bonds. The summed E-state index contributed by atoms with van der Waals surface area (Å²) in [4.78, 5) is 2.30. The van der Waals surface area contributed by atoms with Crippen LogP contribution in [-0.4, -0.2) is 7.05 Å². The van der Waals surface area contributed by atoms with Crippen LogP contribution in [0.15, 0.2) is 91.0 Å². The summed E-state index contributed by atoms with van der Waals surface area (Å²) in [5, 5.41) is 10.7. The van der Waals surface area contributed by atoms with Gasteiger partial charge in [-0.2, -0.15) is 0 Å². The van der Waals surface area contributed by atoms with E-state index in [0.717, 1.165) is 0 Å². The highest BCUT2D eigenvalue weighted by molar-refractivity contribution is 6.34. The van der Waals surface area contributed by atoms with E-state index in [9.17, 15) is 0 Å². The number of hydrogen-bond donors (Lipinski definition) is 0. The smallest absolute Gasteiger partial charge is 0.0488 e.